The van der Waals surface area contributed by atoms with Crippen molar-refractivity contribution in [3.63, 3.8) is 0 Å². The third-order valence-electron chi connectivity index (χ3n) is 4.30. The maximum atomic E-state index is 13.1. The van der Waals surface area contributed by atoms with Gasteiger partial charge in [-0.25, -0.2) is 14.4 Å². The average molecular weight is 456 g/mol. The summed E-state index contributed by atoms with van der Waals surface area (Å²) in [5, 5.41) is 4.60. The van der Waals surface area contributed by atoms with Crippen molar-refractivity contribution in [3.05, 3.63) is 76.4 Å². The van der Waals surface area contributed by atoms with E-state index >= 15 is 0 Å². The van der Waals surface area contributed by atoms with E-state index in [0.717, 1.165) is 32.5 Å². The van der Waals surface area contributed by atoms with Crippen LogP contribution in [-0.2, 0) is 10.5 Å². The Bertz CT molecular complexity index is 1150. The number of amides is 1. The number of thiazole rings is 2. The van der Waals surface area contributed by atoms with Gasteiger partial charge in [-0.15, -0.1) is 22.7 Å². The fourth-order valence-corrected chi connectivity index (χ4v) is 5.52. The molecule has 4 nitrogen and oxygen atoms in total. The number of nitrogens with zero attached hydrogens (tertiary/aromatic N) is 3. The van der Waals surface area contributed by atoms with Crippen molar-refractivity contribution < 1.29 is 9.18 Å². The second-order valence-corrected chi connectivity index (χ2v) is 9.52. The highest BCUT2D eigenvalue weighted by molar-refractivity contribution is 8.00. The Morgan fingerprint density at radius 3 is 2.47 bits per heavy atom. The third-order valence-corrected chi connectivity index (χ3v) is 7.23. The molecule has 0 saturated heterocycles. The van der Waals surface area contributed by atoms with Gasteiger partial charge in [-0.2, -0.15) is 0 Å². The third kappa shape index (κ3) is 4.77. The quantitative estimate of drug-likeness (QED) is 0.304. The van der Waals surface area contributed by atoms with E-state index in [1.165, 1.54) is 23.5 Å². The van der Waals surface area contributed by atoms with Gasteiger partial charge in [0.25, 0.3) is 0 Å². The van der Waals surface area contributed by atoms with E-state index in [-0.39, 0.29) is 11.7 Å². The monoisotopic (exact) mass is 455 g/mol. The van der Waals surface area contributed by atoms with E-state index < -0.39 is 0 Å². The van der Waals surface area contributed by atoms with Gasteiger partial charge in [0, 0.05) is 29.0 Å². The lowest BCUT2D eigenvalue weighted by Crippen LogP contribution is -2.22. The highest BCUT2D eigenvalue weighted by Gasteiger charge is 2.18. The first-order chi connectivity index (χ1) is 14.5. The number of aryl methyl sites for hydroxylation is 1. The van der Waals surface area contributed by atoms with E-state index in [2.05, 4.69) is 9.97 Å². The SMILES string of the molecule is CC(=O)N(c1ccc(C)cc1)c1nc(CSc2nc(-c3ccc(F)cc3)cs2)cs1. The predicted molar refractivity (Wildman–Crippen MR) is 123 cm³/mol. The second kappa shape index (κ2) is 9.07. The Hall–Kier alpha value is -2.55. The van der Waals surface area contributed by atoms with E-state index in [1.807, 2.05) is 41.9 Å². The number of hydrogen-bond acceptors (Lipinski definition) is 6. The minimum absolute atomic E-state index is 0.0729. The van der Waals surface area contributed by atoms with Gasteiger partial charge in [-0.05, 0) is 43.3 Å². The zero-order valence-corrected chi connectivity index (χ0v) is 18.8. The van der Waals surface area contributed by atoms with Gasteiger partial charge in [-0.1, -0.05) is 29.5 Å². The number of aromatic nitrogens is 2. The summed E-state index contributed by atoms with van der Waals surface area (Å²) < 4.78 is 14.0. The topological polar surface area (TPSA) is 46.1 Å². The van der Waals surface area contributed by atoms with Crippen molar-refractivity contribution in [2.75, 3.05) is 4.90 Å². The molecule has 0 bridgehead atoms. The Labute approximate surface area is 186 Å². The van der Waals surface area contributed by atoms with Crippen molar-refractivity contribution in [1.29, 1.82) is 0 Å². The molecule has 2 heterocycles. The Morgan fingerprint density at radius 2 is 1.77 bits per heavy atom. The lowest BCUT2D eigenvalue weighted by atomic mass is 10.2. The molecule has 1 amide bonds. The molecule has 4 rings (SSSR count). The van der Waals surface area contributed by atoms with Gasteiger partial charge >= 0.3 is 0 Å². The minimum Gasteiger partial charge on any atom is -0.274 e. The van der Waals surface area contributed by atoms with Crippen LogP contribution in [0.4, 0.5) is 15.2 Å². The molecule has 0 spiro atoms. The van der Waals surface area contributed by atoms with Crippen molar-refractivity contribution >= 4 is 51.2 Å². The van der Waals surface area contributed by atoms with Crippen molar-refractivity contribution in [2.45, 2.75) is 23.9 Å². The van der Waals surface area contributed by atoms with Crippen molar-refractivity contribution in [2.24, 2.45) is 0 Å². The molecule has 0 unspecified atom stereocenters. The van der Waals surface area contributed by atoms with Crippen LogP contribution < -0.4 is 4.90 Å². The number of halogens is 1. The van der Waals surface area contributed by atoms with Crippen LogP contribution in [0.5, 0.6) is 0 Å². The molecule has 0 aliphatic rings. The number of hydrogen-bond donors (Lipinski definition) is 0. The summed E-state index contributed by atoms with van der Waals surface area (Å²) in [6.07, 6.45) is 0. The highest BCUT2D eigenvalue weighted by atomic mass is 32.2. The average Bonchev–Trinajstić information content (AvgIpc) is 3.38. The summed E-state index contributed by atoms with van der Waals surface area (Å²) in [6.45, 7) is 3.56. The number of benzene rings is 2. The number of thioether (sulfide) groups is 1. The molecular weight excluding hydrogens is 437 g/mol. The number of rotatable bonds is 6. The van der Waals surface area contributed by atoms with Gasteiger partial charge in [0.2, 0.25) is 5.91 Å². The van der Waals surface area contributed by atoms with Crippen LogP contribution in [0, 0.1) is 12.7 Å². The molecule has 0 atom stereocenters. The Balaban J connectivity index is 1.45. The zero-order valence-electron chi connectivity index (χ0n) is 16.3. The molecule has 0 aliphatic heterocycles. The first-order valence-corrected chi connectivity index (χ1v) is 11.9. The normalized spacial score (nSPS) is 10.9. The van der Waals surface area contributed by atoms with Crippen LogP contribution in [0.1, 0.15) is 18.2 Å². The molecule has 2 aromatic carbocycles. The maximum absolute atomic E-state index is 13.1. The zero-order chi connectivity index (χ0) is 21.1. The highest BCUT2D eigenvalue weighted by Crippen LogP contribution is 2.33. The number of carbonyl (C=O) groups is 1. The van der Waals surface area contributed by atoms with Crippen LogP contribution >= 0.6 is 34.4 Å². The van der Waals surface area contributed by atoms with Gasteiger partial charge in [0.1, 0.15) is 5.82 Å². The second-order valence-electron chi connectivity index (χ2n) is 6.61. The van der Waals surface area contributed by atoms with Crippen LogP contribution in [-0.4, -0.2) is 15.9 Å². The predicted octanol–water partition coefficient (Wildman–Crippen LogP) is 6.69. The molecule has 0 fully saturated rings. The van der Waals surface area contributed by atoms with E-state index in [0.29, 0.717) is 10.9 Å². The summed E-state index contributed by atoms with van der Waals surface area (Å²) in [6, 6.07) is 14.2. The number of anilines is 2. The van der Waals surface area contributed by atoms with E-state index in [4.69, 9.17) is 0 Å². The Kier molecular flexibility index (Phi) is 6.26. The molecule has 30 heavy (non-hydrogen) atoms. The van der Waals surface area contributed by atoms with E-state index in [1.54, 1.807) is 47.1 Å². The lowest BCUT2D eigenvalue weighted by Gasteiger charge is -2.18. The molecular formula is C22H18FN3OS3. The van der Waals surface area contributed by atoms with Crippen LogP contribution in [0.3, 0.4) is 0 Å². The fraction of sp³-hybridized carbons (Fsp3) is 0.136. The minimum atomic E-state index is -0.256. The molecule has 8 heteroatoms. The smallest absolute Gasteiger partial charge is 0.230 e. The molecule has 4 aromatic rings. The largest absolute Gasteiger partial charge is 0.274 e. The van der Waals surface area contributed by atoms with Gasteiger partial charge in [-0.3, -0.25) is 9.69 Å². The standard InChI is InChI=1S/C22H18FN3OS3/c1-14-3-9-19(10-4-14)26(15(2)27)21-24-18(11-28-21)12-29-22-25-20(13-30-22)16-5-7-17(23)8-6-16/h3-11,13H,12H2,1-2H3. The lowest BCUT2D eigenvalue weighted by molar-refractivity contribution is -0.115. The fourth-order valence-electron chi connectivity index (χ4n) is 2.80. The summed E-state index contributed by atoms with van der Waals surface area (Å²) in [5.74, 6) is 0.330. The van der Waals surface area contributed by atoms with Gasteiger partial charge in [0.05, 0.1) is 17.1 Å². The molecule has 0 saturated carbocycles. The van der Waals surface area contributed by atoms with Gasteiger partial charge < -0.3 is 0 Å². The van der Waals surface area contributed by atoms with Crippen LogP contribution in [0.15, 0.2) is 63.6 Å². The summed E-state index contributed by atoms with van der Waals surface area (Å²) in [5.41, 5.74) is 4.58. The molecule has 152 valence electrons. The summed E-state index contributed by atoms with van der Waals surface area (Å²) in [4.78, 5) is 23.1. The van der Waals surface area contributed by atoms with Crippen LogP contribution in [0.2, 0.25) is 0 Å². The van der Waals surface area contributed by atoms with Crippen molar-refractivity contribution in [3.8, 4) is 11.3 Å². The molecule has 0 N–H and O–H groups in total. The molecule has 2 aromatic heterocycles. The Morgan fingerprint density at radius 1 is 1.03 bits per heavy atom. The maximum Gasteiger partial charge on any atom is 0.230 e. The first kappa shape index (κ1) is 20.7. The van der Waals surface area contributed by atoms with Gasteiger partial charge in [0.15, 0.2) is 9.47 Å². The summed E-state index contributed by atoms with van der Waals surface area (Å²) >= 11 is 4.60. The first-order valence-electron chi connectivity index (χ1n) is 9.15. The molecule has 0 aliphatic carbocycles. The van der Waals surface area contributed by atoms with Crippen molar-refractivity contribution in [1.82, 2.24) is 9.97 Å². The molecule has 0 radical (unpaired) electrons. The number of carbonyl (C=O) groups excluding carboxylic acids is 1. The summed E-state index contributed by atoms with van der Waals surface area (Å²) in [7, 11) is 0. The van der Waals surface area contributed by atoms with Crippen LogP contribution in [0.25, 0.3) is 11.3 Å². The van der Waals surface area contributed by atoms with E-state index in [9.17, 15) is 9.18 Å².